The molecule has 0 saturated carbocycles. The van der Waals surface area contributed by atoms with E-state index in [0.717, 1.165) is 12.0 Å². The summed E-state index contributed by atoms with van der Waals surface area (Å²) in [6, 6.07) is -0.802. The highest BCUT2D eigenvalue weighted by Crippen LogP contribution is 2.55. The van der Waals surface area contributed by atoms with Crippen molar-refractivity contribution < 1.29 is 39.5 Å². The van der Waals surface area contributed by atoms with Gasteiger partial charge in [0.15, 0.2) is 11.4 Å². The predicted molar refractivity (Wildman–Crippen MR) is 139 cm³/mol. The van der Waals surface area contributed by atoms with E-state index in [2.05, 4.69) is 18.7 Å². The molecule has 0 spiro atoms. The Kier molecular flexibility index (Phi) is 6.32. The molecule has 1 aromatic carbocycles. The number of likely N-dealkylation sites (N-methyl/N-ethyl adjacent to an activating group) is 1. The Bertz CT molecular complexity index is 1380. The highest BCUT2D eigenvalue weighted by atomic mass is 16.5. The van der Waals surface area contributed by atoms with Crippen LogP contribution in [0.2, 0.25) is 0 Å². The number of Topliss-reactive ketones (excluding diaryl/α,β-unsaturated/α-hetero) is 2. The number of phenols is 1. The average Bonchev–Trinajstić information content (AvgIpc) is 3.31. The van der Waals surface area contributed by atoms with Gasteiger partial charge in [-0.1, -0.05) is 6.92 Å². The molecule has 0 fully saturated rings. The molecule has 11 heteroatoms. The summed E-state index contributed by atoms with van der Waals surface area (Å²) in [6.07, 6.45) is 1.13. The molecule has 39 heavy (non-hydrogen) atoms. The normalized spacial score (nSPS) is 29.3. The first-order valence-corrected chi connectivity index (χ1v) is 13.1. The Balaban J connectivity index is 1.70. The molecule has 5 atom stereocenters. The number of methoxy groups -OCH3 is 1. The van der Waals surface area contributed by atoms with E-state index in [0.29, 0.717) is 30.0 Å². The number of fused-ring (bicyclic) bond motifs is 4. The molecule has 0 radical (unpaired) electrons. The van der Waals surface area contributed by atoms with Gasteiger partial charge in [0.2, 0.25) is 5.78 Å². The molecule has 11 nitrogen and oxygen atoms in total. The molecule has 1 aromatic rings. The van der Waals surface area contributed by atoms with Gasteiger partial charge in [0, 0.05) is 47.3 Å². The largest absolute Gasteiger partial charge is 0.510 e. The number of benzene rings is 1. The summed E-state index contributed by atoms with van der Waals surface area (Å²) >= 11 is 0. The maximum Gasteiger partial charge on any atom is 0.255 e. The van der Waals surface area contributed by atoms with Gasteiger partial charge in [-0.3, -0.25) is 24.2 Å². The minimum atomic E-state index is -2.66. The molecule has 4 aliphatic rings. The fourth-order valence-electron chi connectivity index (χ4n) is 7.07. The second-order valence-electron chi connectivity index (χ2n) is 11.3. The number of nitrogens with two attached hydrogens (primary N) is 1. The summed E-state index contributed by atoms with van der Waals surface area (Å²) in [6.45, 7) is 5.13. The van der Waals surface area contributed by atoms with Crippen molar-refractivity contribution >= 4 is 17.5 Å². The maximum atomic E-state index is 14.0. The van der Waals surface area contributed by atoms with Crippen LogP contribution in [-0.4, -0.2) is 86.6 Å². The van der Waals surface area contributed by atoms with Crippen LogP contribution in [0.3, 0.4) is 0 Å². The maximum absolute atomic E-state index is 14.0. The molecule has 0 bridgehead atoms. The number of rotatable bonds is 5. The quantitative estimate of drug-likeness (QED) is 0.341. The van der Waals surface area contributed by atoms with Gasteiger partial charge in [0.05, 0.1) is 18.7 Å². The van der Waals surface area contributed by atoms with E-state index < -0.39 is 58.0 Å². The van der Waals surface area contributed by atoms with Gasteiger partial charge < -0.3 is 30.9 Å². The van der Waals surface area contributed by atoms with Crippen LogP contribution in [0.25, 0.3) is 0 Å². The third-order valence-electron chi connectivity index (χ3n) is 9.19. The van der Waals surface area contributed by atoms with Crippen molar-refractivity contribution in [3.63, 3.8) is 0 Å². The topological polar surface area (TPSA) is 174 Å². The number of aliphatic hydroxyl groups excluding tert-OH is 2. The summed E-state index contributed by atoms with van der Waals surface area (Å²) in [5, 5.41) is 45.5. The zero-order chi connectivity index (χ0) is 28.7. The van der Waals surface area contributed by atoms with Gasteiger partial charge in [-0.15, -0.1) is 0 Å². The first-order valence-electron chi connectivity index (χ1n) is 13.1. The van der Waals surface area contributed by atoms with Crippen LogP contribution in [0.4, 0.5) is 0 Å². The van der Waals surface area contributed by atoms with E-state index in [1.165, 1.54) is 12.0 Å². The number of primary amides is 1. The van der Waals surface area contributed by atoms with Crippen molar-refractivity contribution in [2.24, 2.45) is 17.6 Å². The van der Waals surface area contributed by atoms with Crippen LogP contribution in [-0.2, 0) is 29.1 Å². The van der Waals surface area contributed by atoms with E-state index in [9.17, 15) is 34.8 Å². The number of amides is 1. The highest BCUT2D eigenvalue weighted by Gasteiger charge is 2.63. The number of allylic oxidation sites excluding steroid dienone is 1. The Morgan fingerprint density at radius 3 is 2.38 bits per heavy atom. The second-order valence-corrected chi connectivity index (χ2v) is 11.3. The summed E-state index contributed by atoms with van der Waals surface area (Å²) in [5.41, 5.74) is 3.62. The lowest BCUT2D eigenvalue weighted by Gasteiger charge is -2.50. The van der Waals surface area contributed by atoms with Crippen molar-refractivity contribution in [3.05, 3.63) is 44.9 Å². The van der Waals surface area contributed by atoms with Gasteiger partial charge in [0.25, 0.3) is 5.91 Å². The number of aromatic hydroxyl groups is 1. The smallest absolute Gasteiger partial charge is 0.255 e. The SMILES string of the molecule is CC[C@H](C)N1Cc2c(O)c3c(c(OC)c2C1)C[C@H]1C[C@H]2[C@H](N(C)C)C(O)=C(C(N)=O)C(=O)[C@@]2(O)C(O)=C1C3=O. The van der Waals surface area contributed by atoms with Crippen LogP contribution < -0.4 is 10.5 Å². The van der Waals surface area contributed by atoms with Gasteiger partial charge in [0.1, 0.15) is 28.6 Å². The van der Waals surface area contributed by atoms with Crippen LogP contribution in [0.1, 0.15) is 53.7 Å². The van der Waals surface area contributed by atoms with E-state index in [4.69, 9.17) is 10.5 Å². The molecular weight excluding hydrogens is 506 g/mol. The van der Waals surface area contributed by atoms with Gasteiger partial charge >= 0.3 is 0 Å². The second kappa shape index (κ2) is 9.07. The van der Waals surface area contributed by atoms with Crippen molar-refractivity contribution in [3.8, 4) is 11.5 Å². The molecule has 3 aliphatic carbocycles. The van der Waals surface area contributed by atoms with Gasteiger partial charge in [-0.25, -0.2) is 0 Å². The van der Waals surface area contributed by atoms with Gasteiger partial charge in [-0.05, 0) is 46.2 Å². The molecule has 5 rings (SSSR count). The Labute approximate surface area is 226 Å². The number of aliphatic hydroxyl groups is 3. The number of nitrogens with zero attached hydrogens (tertiary/aromatic N) is 2. The number of ether oxygens (including phenoxy) is 1. The fourth-order valence-corrected chi connectivity index (χ4v) is 7.07. The lowest BCUT2D eigenvalue weighted by atomic mass is 9.58. The minimum absolute atomic E-state index is 0.0163. The molecule has 1 aliphatic heterocycles. The monoisotopic (exact) mass is 541 g/mol. The predicted octanol–water partition coefficient (Wildman–Crippen LogP) is 1.24. The Morgan fingerprint density at radius 1 is 1.18 bits per heavy atom. The minimum Gasteiger partial charge on any atom is -0.510 e. The van der Waals surface area contributed by atoms with Gasteiger partial charge in [-0.2, -0.15) is 0 Å². The standard InChI is InChI=1S/C28H35N3O8/c1-6-11(2)31-9-14-15(10-31)24(39-5)13-7-12-8-16-20(30(3)4)23(34)19(27(29)37)26(36)28(16,38)25(35)17(12)22(33)18(13)21(14)32/h11-12,16,20,32,34-35,38H,6-10H2,1-5H3,(H2,29,37)/t11-,12-,16-,20-,28-/m0/s1. The van der Waals surface area contributed by atoms with E-state index in [1.807, 2.05) is 0 Å². The Morgan fingerprint density at radius 2 is 1.82 bits per heavy atom. The fraction of sp³-hybridized carbons (Fsp3) is 0.536. The summed E-state index contributed by atoms with van der Waals surface area (Å²) in [5.74, 6) is -6.07. The average molecular weight is 542 g/mol. The third-order valence-corrected chi connectivity index (χ3v) is 9.19. The zero-order valence-corrected chi connectivity index (χ0v) is 22.7. The first-order chi connectivity index (χ1) is 18.3. The van der Waals surface area contributed by atoms with Crippen LogP contribution >= 0.6 is 0 Å². The van der Waals surface area contributed by atoms with Crippen molar-refractivity contribution in [2.75, 3.05) is 21.2 Å². The molecule has 0 unspecified atom stereocenters. The number of ketones is 2. The van der Waals surface area contributed by atoms with Crippen molar-refractivity contribution in [2.45, 2.75) is 63.9 Å². The number of carbonyl (C=O) groups is 3. The molecule has 210 valence electrons. The molecule has 0 saturated heterocycles. The van der Waals surface area contributed by atoms with Crippen molar-refractivity contribution in [1.29, 1.82) is 0 Å². The first kappa shape index (κ1) is 27.2. The molecule has 6 N–H and O–H groups in total. The summed E-state index contributed by atoms with van der Waals surface area (Å²) in [7, 11) is 4.71. The number of carbonyl (C=O) groups excluding carboxylic acids is 3. The Hall–Kier alpha value is -3.41. The highest BCUT2D eigenvalue weighted by molar-refractivity contribution is 6.24. The summed E-state index contributed by atoms with van der Waals surface area (Å²) < 4.78 is 5.81. The van der Waals surface area contributed by atoms with Crippen molar-refractivity contribution in [1.82, 2.24) is 9.80 Å². The number of hydrogen-bond acceptors (Lipinski definition) is 10. The lowest BCUT2D eigenvalue weighted by Crippen LogP contribution is -2.63. The number of hydrogen-bond donors (Lipinski definition) is 5. The molecule has 0 aromatic heterocycles. The summed E-state index contributed by atoms with van der Waals surface area (Å²) in [4.78, 5) is 43.3. The van der Waals surface area contributed by atoms with E-state index in [-0.39, 0.29) is 35.8 Å². The molecular formula is C28H35N3O8. The van der Waals surface area contributed by atoms with E-state index in [1.54, 1.807) is 14.1 Å². The zero-order valence-electron chi connectivity index (χ0n) is 22.7. The van der Waals surface area contributed by atoms with E-state index >= 15 is 0 Å². The number of phenolic OH excluding ortho intramolecular Hbond substituents is 1. The van der Waals surface area contributed by atoms with Crippen LogP contribution in [0.15, 0.2) is 22.7 Å². The van der Waals surface area contributed by atoms with Crippen LogP contribution in [0, 0.1) is 11.8 Å². The third kappa shape index (κ3) is 3.49. The molecule has 1 heterocycles. The lowest BCUT2D eigenvalue weighted by molar-refractivity contribution is -0.148. The van der Waals surface area contributed by atoms with Crippen LogP contribution in [0.5, 0.6) is 11.5 Å². The molecule has 1 amide bonds.